The maximum atomic E-state index is 6.25. The fraction of sp³-hybridized carbons (Fsp3) is 0.750. The molecule has 1 heterocycles. The third-order valence-corrected chi connectivity index (χ3v) is 7.63. The summed E-state index contributed by atoms with van der Waals surface area (Å²) in [6.45, 7) is 4.90. The highest BCUT2D eigenvalue weighted by atomic mass is 79.9. The minimum atomic E-state index is 0.0803. The van der Waals surface area contributed by atoms with E-state index in [1.807, 2.05) is 0 Å². The Bertz CT molecular complexity index is 592. The number of hydrogen-bond acceptors (Lipinski definition) is 2. The Kier molecular flexibility index (Phi) is 3.05. The molecule has 1 aromatic heterocycles. The molecule has 5 rings (SSSR count). The van der Waals surface area contributed by atoms with Crippen molar-refractivity contribution in [3.63, 3.8) is 0 Å². The number of rotatable bonds is 1. The first-order valence-electron chi connectivity index (χ1n) is 7.62. The monoisotopic (exact) mass is 388 g/mol. The van der Waals surface area contributed by atoms with Crippen molar-refractivity contribution in [1.82, 2.24) is 9.97 Å². The van der Waals surface area contributed by atoms with Gasteiger partial charge in [-0.15, -0.1) is 0 Å². The van der Waals surface area contributed by atoms with Crippen LogP contribution in [0, 0.1) is 16.7 Å². The van der Waals surface area contributed by atoms with Crippen LogP contribution < -0.4 is 0 Å². The van der Waals surface area contributed by atoms with E-state index in [-0.39, 0.29) is 5.41 Å². The minimum absolute atomic E-state index is 0.0803. The number of hydrogen-bond donors (Lipinski definition) is 0. The highest BCUT2D eigenvalue weighted by molar-refractivity contribution is 9.10. The Balaban J connectivity index is 1.84. The number of nitrogens with zero attached hydrogens (tertiary/aromatic N) is 2. The molecule has 0 saturated heterocycles. The lowest BCUT2D eigenvalue weighted by molar-refractivity contribution is -0.112. The summed E-state index contributed by atoms with van der Waals surface area (Å²) in [5.41, 5.74) is 0.948. The molecule has 21 heavy (non-hydrogen) atoms. The molecule has 0 aliphatic heterocycles. The van der Waals surface area contributed by atoms with E-state index in [1.54, 1.807) is 0 Å². The summed E-state index contributed by atoms with van der Waals surface area (Å²) in [4.78, 5) is 9.22. The third kappa shape index (κ3) is 2.18. The van der Waals surface area contributed by atoms with Gasteiger partial charge < -0.3 is 0 Å². The quantitative estimate of drug-likeness (QED) is 0.567. The maximum Gasteiger partial charge on any atom is 0.148 e. The van der Waals surface area contributed by atoms with Crippen LogP contribution in [-0.4, -0.2) is 9.97 Å². The van der Waals surface area contributed by atoms with Gasteiger partial charge in [0.2, 0.25) is 0 Å². The fourth-order valence-corrected chi connectivity index (χ4v) is 6.89. The molecule has 0 spiro atoms. The largest absolute Gasteiger partial charge is 0.219 e. The van der Waals surface area contributed by atoms with Gasteiger partial charge in [0.1, 0.15) is 16.1 Å². The molecule has 0 amide bonds. The van der Waals surface area contributed by atoms with Crippen LogP contribution in [-0.2, 0) is 5.41 Å². The first kappa shape index (κ1) is 14.7. The molecule has 4 bridgehead atoms. The summed E-state index contributed by atoms with van der Waals surface area (Å²) in [7, 11) is 0. The van der Waals surface area contributed by atoms with Gasteiger partial charge in [-0.2, -0.15) is 0 Å². The van der Waals surface area contributed by atoms with Crippen LogP contribution in [0.1, 0.15) is 58.2 Å². The molecular formula is C16H19BrCl2N2. The van der Waals surface area contributed by atoms with E-state index < -0.39 is 0 Å². The lowest BCUT2D eigenvalue weighted by Crippen LogP contribution is -2.57. The summed E-state index contributed by atoms with van der Waals surface area (Å²) in [5.74, 6) is 1.68. The highest BCUT2D eigenvalue weighted by Crippen LogP contribution is 2.69. The first-order valence-corrected chi connectivity index (χ1v) is 9.17. The van der Waals surface area contributed by atoms with E-state index in [1.165, 1.54) is 38.5 Å². The number of halogens is 3. The van der Waals surface area contributed by atoms with E-state index in [9.17, 15) is 0 Å². The molecule has 0 radical (unpaired) electrons. The number of aromatic nitrogens is 2. The molecular weight excluding hydrogens is 371 g/mol. The van der Waals surface area contributed by atoms with Gasteiger partial charge in [0.25, 0.3) is 0 Å². The zero-order chi connectivity index (χ0) is 15.0. The van der Waals surface area contributed by atoms with Gasteiger partial charge in [-0.3, -0.25) is 0 Å². The van der Waals surface area contributed by atoms with Crippen LogP contribution in [0.3, 0.4) is 0 Å². The van der Waals surface area contributed by atoms with Gasteiger partial charge in [-0.25, -0.2) is 9.97 Å². The Labute approximate surface area is 144 Å². The van der Waals surface area contributed by atoms with Gasteiger partial charge in [0.15, 0.2) is 0 Å². The average Bonchev–Trinajstić information content (AvgIpc) is 2.30. The molecule has 4 aliphatic rings. The molecule has 0 N–H and O–H groups in total. The summed E-state index contributed by atoms with van der Waals surface area (Å²) >= 11 is 15.8. The lowest BCUT2D eigenvalue weighted by atomic mass is 9.40. The topological polar surface area (TPSA) is 25.8 Å². The summed E-state index contributed by atoms with van der Waals surface area (Å²) in [5, 5.41) is 0.882. The Morgan fingerprint density at radius 3 is 1.95 bits per heavy atom. The van der Waals surface area contributed by atoms with Crippen molar-refractivity contribution in [2.45, 2.75) is 57.8 Å². The van der Waals surface area contributed by atoms with Crippen molar-refractivity contribution in [3.8, 4) is 0 Å². The van der Waals surface area contributed by atoms with Crippen LogP contribution in [0.2, 0.25) is 10.3 Å². The van der Waals surface area contributed by atoms with Gasteiger partial charge in [-0.1, -0.05) is 37.0 Å². The summed E-state index contributed by atoms with van der Waals surface area (Å²) in [6.07, 6.45) is 7.63. The second-order valence-corrected chi connectivity index (χ2v) is 9.86. The van der Waals surface area contributed by atoms with Crippen LogP contribution >= 0.6 is 39.1 Å². The van der Waals surface area contributed by atoms with E-state index in [0.717, 1.165) is 11.7 Å². The molecule has 2 unspecified atom stereocenters. The smallest absolute Gasteiger partial charge is 0.148 e. The molecule has 2 atom stereocenters. The van der Waals surface area contributed by atoms with Crippen molar-refractivity contribution in [3.05, 3.63) is 20.6 Å². The van der Waals surface area contributed by atoms with Crippen molar-refractivity contribution in [2.24, 2.45) is 16.7 Å². The van der Waals surface area contributed by atoms with Gasteiger partial charge in [-0.05, 0) is 71.2 Å². The molecule has 5 heteroatoms. The predicted molar refractivity (Wildman–Crippen MR) is 88.8 cm³/mol. The maximum absolute atomic E-state index is 6.25. The van der Waals surface area contributed by atoms with E-state index in [2.05, 4.69) is 39.7 Å². The molecule has 4 fully saturated rings. The normalized spacial score (nSPS) is 44.3. The molecule has 1 aromatic rings. The highest BCUT2D eigenvalue weighted by Gasteiger charge is 2.61. The summed E-state index contributed by atoms with van der Waals surface area (Å²) < 4.78 is 0.608. The fourth-order valence-electron chi connectivity index (χ4n) is 6.33. The van der Waals surface area contributed by atoms with Crippen molar-refractivity contribution < 1.29 is 0 Å². The van der Waals surface area contributed by atoms with E-state index >= 15 is 0 Å². The molecule has 2 nitrogen and oxygen atoms in total. The third-order valence-electron chi connectivity index (χ3n) is 5.87. The zero-order valence-electron chi connectivity index (χ0n) is 12.3. The van der Waals surface area contributed by atoms with Crippen molar-refractivity contribution in [1.29, 1.82) is 0 Å². The standard InChI is InChI=1S/C16H19BrCl2N2/c1-14-3-9-4-15(2,6-14)8-16(5-9,7-14)13-20-11(18)10(17)12(19)21-13/h9H,3-8H2,1-2H3. The second-order valence-electron chi connectivity index (χ2n) is 8.35. The van der Waals surface area contributed by atoms with Crippen LogP contribution in [0.5, 0.6) is 0 Å². The molecule has 0 aromatic carbocycles. The molecule has 4 saturated carbocycles. The minimum Gasteiger partial charge on any atom is -0.219 e. The van der Waals surface area contributed by atoms with Gasteiger partial charge in [0, 0.05) is 5.41 Å². The van der Waals surface area contributed by atoms with Crippen molar-refractivity contribution >= 4 is 39.1 Å². The SMILES string of the molecule is CC12CC3CC(C)(C1)CC(c1nc(Cl)c(Br)c(Cl)n1)(C3)C2. The van der Waals surface area contributed by atoms with Gasteiger partial charge in [0.05, 0.1) is 4.47 Å². The van der Waals surface area contributed by atoms with Crippen LogP contribution in [0.4, 0.5) is 0 Å². The lowest BCUT2D eigenvalue weighted by Gasteiger charge is -2.64. The van der Waals surface area contributed by atoms with Crippen molar-refractivity contribution in [2.75, 3.05) is 0 Å². The van der Waals surface area contributed by atoms with Crippen LogP contribution in [0.15, 0.2) is 4.47 Å². The Morgan fingerprint density at radius 2 is 1.48 bits per heavy atom. The second kappa shape index (κ2) is 4.36. The Hall–Kier alpha value is 0.140. The van der Waals surface area contributed by atoms with Crippen LogP contribution in [0.25, 0.3) is 0 Å². The average molecular weight is 390 g/mol. The first-order chi connectivity index (χ1) is 9.73. The zero-order valence-corrected chi connectivity index (χ0v) is 15.4. The van der Waals surface area contributed by atoms with E-state index in [4.69, 9.17) is 23.2 Å². The molecule has 4 aliphatic carbocycles. The molecule has 114 valence electrons. The summed E-state index contributed by atoms with van der Waals surface area (Å²) in [6, 6.07) is 0. The van der Waals surface area contributed by atoms with Gasteiger partial charge >= 0.3 is 0 Å². The van der Waals surface area contributed by atoms with E-state index in [0.29, 0.717) is 25.6 Å². The predicted octanol–water partition coefficient (Wildman–Crippen LogP) is 5.79. The Morgan fingerprint density at radius 1 is 0.952 bits per heavy atom.